The molecule has 162 valence electrons. The van der Waals surface area contributed by atoms with Crippen molar-refractivity contribution in [3.05, 3.63) is 71.0 Å². The van der Waals surface area contributed by atoms with Crippen molar-refractivity contribution in [3.8, 4) is 5.75 Å². The monoisotopic (exact) mass is 438 g/mol. The topological polar surface area (TPSA) is 86.1 Å². The number of benzene rings is 2. The fourth-order valence-electron chi connectivity index (χ4n) is 3.07. The van der Waals surface area contributed by atoms with Gasteiger partial charge in [-0.3, -0.25) is 9.59 Å². The third kappa shape index (κ3) is 5.95. The zero-order valence-corrected chi connectivity index (χ0v) is 18.9. The van der Waals surface area contributed by atoms with Crippen LogP contribution in [0.4, 0.5) is 0 Å². The molecule has 0 unspecified atom stereocenters. The van der Waals surface area contributed by atoms with E-state index in [1.54, 1.807) is 7.11 Å². The number of carbonyl (C=O) groups is 2. The molecular formula is C23H26N4O3S. The minimum absolute atomic E-state index is 0.0374. The molecule has 3 rings (SSSR count). The Morgan fingerprint density at radius 2 is 1.77 bits per heavy atom. The summed E-state index contributed by atoms with van der Waals surface area (Å²) in [6.07, 6.45) is 0.263. The van der Waals surface area contributed by atoms with Gasteiger partial charge in [0.15, 0.2) is 16.8 Å². The number of hydrogen-bond donors (Lipinski definition) is 1. The van der Waals surface area contributed by atoms with Crippen molar-refractivity contribution in [1.29, 1.82) is 0 Å². The number of hydrogen-bond acceptors (Lipinski definition) is 6. The first-order valence-corrected chi connectivity index (χ1v) is 10.9. The van der Waals surface area contributed by atoms with Gasteiger partial charge in [0.1, 0.15) is 5.75 Å². The number of carbonyl (C=O) groups excluding carboxylic acids is 2. The van der Waals surface area contributed by atoms with Gasteiger partial charge in [-0.2, -0.15) is 0 Å². The first-order chi connectivity index (χ1) is 14.9. The normalized spacial score (nSPS) is 11.7. The van der Waals surface area contributed by atoms with E-state index in [4.69, 9.17) is 4.74 Å². The van der Waals surface area contributed by atoms with Crippen LogP contribution in [0.1, 0.15) is 40.3 Å². The molecule has 0 fully saturated rings. The number of rotatable bonds is 9. The van der Waals surface area contributed by atoms with E-state index in [1.165, 1.54) is 11.8 Å². The summed E-state index contributed by atoms with van der Waals surface area (Å²) in [6.45, 7) is 3.85. The van der Waals surface area contributed by atoms with Crippen LogP contribution in [0.3, 0.4) is 0 Å². The molecule has 1 aromatic heterocycles. The average molecular weight is 439 g/mol. The Kier molecular flexibility index (Phi) is 7.46. The maximum absolute atomic E-state index is 12.4. The Morgan fingerprint density at radius 1 is 1.10 bits per heavy atom. The van der Waals surface area contributed by atoms with E-state index in [9.17, 15) is 9.59 Å². The van der Waals surface area contributed by atoms with Gasteiger partial charge in [0.2, 0.25) is 5.91 Å². The number of ketones is 1. The van der Waals surface area contributed by atoms with Crippen molar-refractivity contribution in [2.45, 2.75) is 31.5 Å². The zero-order valence-electron chi connectivity index (χ0n) is 18.1. The molecule has 0 spiro atoms. The van der Waals surface area contributed by atoms with Gasteiger partial charge in [-0.05, 0) is 31.5 Å². The molecule has 1 amide bonds. The first-order valence-electron chi connectivity index (χ1n) is 9.91. The molecule has 1 atom stereocenters. The highest BCUT2D eigenvalue weighted by Crippen LogP contribution is 2.20. The summed E-state index contributed by atoms with van der Waals surface area (Å²) in [5.74, 6) is 1.59. The Hall–Kier alpha value is -3.13. The van der Waals surface area contributed by atoms with Crippen molar-refractivity contribution in [1.82, 2.24) is 20.1 Å². The molecule has 2 aromatic carbocycles. The number of thioether (sulfide) groups is 1. The highest BCUT2D eigenvalue weighted by Gasteiger charge is 2.19. The molecular weight excluding hydrogens is 412 g/mol. The SMILES string of the molecule is COc1ccc(CC(=O)N[C@@H](C)c2nnc(SCC(=O)c3ccc(C)cc3)n2C)cc1. The quantitative estimate of drug-likeness (QED) is 0.406. The standard InChI is InChI=1S/C23H26N4O3S/c1-15-5-9-18(10-6-15)20(28)14-31-23-26-25-22(27(23)3)16(2)24-21(29)13-17-7-11-19(30-4)12-8-17/h5-12,16H,13-14H2,1-4H3,(H,24,29)/t16-/m0/s1. The Balaban J connectivity index is 1.56. The zero-order chi connectivity index (χ0) is 22.4. The third-order valence-corrected chi connectivity index (χ3v) is 5.88. The summed E-state index contributed by atoms with van der Waals surface area (Å²) in [6, 6.07) is 14.6. The maximum atomic E-state index is 12.4. The molecule has 0 aliphatic carbocycles. The van der Waals surface area contributed by atoms with Gasteiger partial charge in [-0.1, -0.05) is 53.7 Å². The van der Waals surface area contributed by atoms with E-state index in [2.05, 4.69) is 15.5 Å². The van der Waals surface area contributed by atoms with E-state index >= 15 is 0 Å². The van der Waals surface area contributed by atoms with Crippen LogP contribution in [-0.4, -0.2) is 39.3 Å². The molecule has 0 aliphatic heterocycles. The molecule has 1 N–H and O–H groups in total. The lowest BCUT2D eigenvalue weighted by atomic mass is 10.1. The van der Waals surface area contributed by atoms with Gasteiger partial charge in [0.25, 0.3) is 0 Å². The van der Waals surface area contributed by atoms with Gasteiger partial charge >= 0.3 is 0 Å². The van der Waals surface area contributed by atoms with Crippen molar-refractivity contribution < 1.29 is 14.3 Å². The number of methoxy groups -OCH3 is 1. The number of ether oxygens (including phenoxy) is 1. The second-order valence-electron chi connectivity index (χ2n) is 7.29. The lowest BCUT2D eigenvalue weighted by Gasteiger charge is -2.14. The first kappa shape index (κ1) is 22.6. The van der Waals surface area contributed by atoms with Crippen LogP contribution in [-0.2, 0) is 18.3 Å². The van der Waals surface area contributed by atoms with Crippen LogP contribution in [0.15, 0.2) is 53.7 Å². The van der Waals surface area contributed by atoms with Crippen LogP contribution in [0, 0.1) is 6.92 Å². The van der Waals surface area contributed by atoms with E-state index < -0.39 is 0 Å². The summed E-state index contributed by atoms with van der Waals surface area (Å²) in [5.41, 5.74) is 2.69. The molecule has 7 nitrogen and oxygen atoms in total. The Morgan fingerprint density at radius 3 is 2.42 bits per heavy atom. The second kappa shape index (κ2) is 10.3. The lowest BCUT2D eigenvalue weighted by Crippen LogP contribution is -2.29. The fraction of sp³-hybridized carbons (Fsp3) is 0.304. The number of nitrogens with one attached hydrogen (secondary N) is 1. The predicted octanol–water partition coefficient (Wildman–Crippen LogP) is 3.53. The van der Waals surface area contributed by atoms with E-state index in [-0.39, 0.29) is 29.9 Å². The van der Waals surface area contributed by atoms with Crippen LogP contribution in [0.25, 0.3) is 0 Å². The van der Waals surface area contributed by atoms with E-state index in [0.717, 1.165) is 16.9 Å². The molecule has 1 heterocycles. The van der Waals surface area contributed by atoms with Crippen molar-refractivity contribution in [3.63, 3.8) is 0 Å². The van der Waals surface area contributed by atoms with Crippen LogP contribution >= 0.6 is 11.8 Å². The third-order valence-electron chi connectivity index (χ3n) is 4.86. The molecule has 0 bridgehead atoms. The molecule has 3 aromatic rings. The van der Waals surface area contributed by atoms with Crippen LogP contribution in [0.2, 0.25) is 0 Å². The number of nitrogens with zero attached hydrogens (tertiary/aromatic N) is 3. The van der Waals surface area contributed by atoms with Crippen LogP contribution < -0.4 is 10.1 Å². The smallest absolute Gasteiger partial charge is 0.224 e. The van der Waals surface area contributed by atoms with Gasteiger partial charge in [0.05, 0.1) is 25.3 Å². The molecule has 0 radical (unpaired) electrons. The van der Waals surface area contributed by atoms with Crippen molar-refractivity contribution >= 4 is 23.5 Å². The average Bonchev–Trinajstić information content (AvgIpc) is 3.13. The second-order valence-corrected chi connectivity index (χ2v) is 8.23. The van der Waals surface area contributed by atoms with Gasteiger partial charge in [-0.15, -0.1) is 10.2 Å². The Labute approximate surface area is 186 Å². The summed E-state index contributed by atoms with van der Waals surface area (Å²) in [7, 11) is 3.44. The largest absolute Gasteiger partial charge is 0.497 e. The van der Waals surface area contributed by atoms with Gasteiger partial charge in [-0.25, -0.2) is 0 Å². The van der Waals surface area contributed by atoms with Gasteiger partial charge < -0.3 is 14.6 Å². The summed E-state index contributed by atoms with van der Waals surface area (Å²) in [4.78, 5) is 24.8. The molecule has 31 heavy (non-hydrogen) atoms. The number of aryl methyl sites for hydroxylation is 1. The minimum Gasteiger partial charge on any atom is -0.497 e. The fourth-order valence-corrected chi connectivity index (χ4v) is 3.88. The van der Waals surface area contributed by atoms with Gasteiger partial charge in [0, 0.05) is 12.6 Å². The number of Topliss-reactive ketones (excluding diaryl/α,β-unsaturated/α-hetero) is 1. The van der Waals surface area contributed by atoms with E-state index in [1.807, 2.05) is 74.0 Å². The van der Waals surface area contributed by atoms with Crippen molar-refractivity contribution in [2.75, 3.05) is 12.9 Å². The molecule has 0 aliphatic rings. The van der Waals surface area contributed by atoms with E-state index in [0.29, 0.717) is 16.5 Å². The van der Waals surface area contributed by atoms with Crippen LogP contribution in [0.5, 0.6) is 5.75 Å². The van der Waals surface area contributed by atoms with Crippen molar-refractivity contribution in [2.24, 2.45) is 7.05 Å². The maximum Gasteiger partial charge on any atom is 0.224 e. The number of amides is 1. The molecule has 8 heteroatoms. The highest BCUT2D eigenvalue weighted by molar-refractivity contribution is 7.99. The lowest BCUT2D eigenvalue weighted by molar-refractivity contribution is -0.121. The summed E-state index contributed by atoms with van der Waals surface area (Å²) >= 11 is 1.33. The molecule has 0 saturated heterocycles. The minimum atomic E-state index is -0.314. The number of aromatic nitrogens is 3. The highest BCUT2D eigenvalue weighted by atomic mass is 32.2. The summed E-state index contributed by atoms with van der Waals surface area (Å²) < 4.78 is 6.95. The molecule has 0 saturated carbocycles. The summed E-state index contributed by atoms with van der Waals surface area (Å²) in [5, 5.41) is 12.0. The Bertz CT molecular complexity index is 1050. The predicted molar refractivity (Wildman–Crippen MR) is 120 cm³/mol.